The highest BCUT2D eigenvalue weighted by Crippen LogP contribution is 2.05. The SMILES string of the molecule is C(#CC1=C[CH]C=C1)/C=N\Nc1ccccc1. The number of anilines is 1. The van der Waals surface area contributed by atoms with Gasteiger partial charge in [0, 0.05) is 12.0 Å². The van der Waals surface area contributed by atoms with Crippen LogP contribution in [-0.2, 0) is 0 Å². The van der Waals surface area contributed by atoms with Gasteiger partial charge in [0.2, 0.25) is 0 Å². The third-order valence-electron chi connectivity index (χ3n) is 1.98. The van der Waals surface area contributed by atoms with Crippen LogP contribution >= 0.6 is 0 Å². The number of nitrogens with one attached hydrogen (secondary N) is 1. The van der Waals surface area contributed by atoms with Crippen molar-refractivity contribution in [1.82, 2.24) is 0 Å². The minimum absolute atomic E-state index is 0.953. The number of hydrazone groups is 1. The lowest BCUT2D eigenvalue weighted by Gasteiger charge is -1.95. The summed E-state index contributed by atoms with van der Waals surface area (Å²) in [4.78, 5) is 0. The van der Waals surface area contributed by atoms with Crippen LogP contribution in [0.3, 0.4) is 0 Å². The quantitative estimate of drug-likeness (QED) is 0.450. The minimum atomic E-state index is 0.953. The van der Waals surface area contributed by atoms with E-state index in [1.807, 2.05) is 55.0 Å². The summed E-state index contributed by atoms with van der Waals surface area (Å²) < 4.78 is 0. The largest absolute Gasteiger partial charge is 0.278 e. The lowest BCUT2D eigenvalue weighted by atomic mass is 10.3. The molecule has 1 aromatic carbocycles. The van der Waals surface area contributed by atoms with E-state index in [4.69, 9.17) is 0 Å². The van der Waals surface area contributed by atoms with E-state index < -0.39 is 0 Å². The maximum atomic E-state index is 3.99. The summed E-state index contributed by atoms with van der Waals surface area (Å²) in [5.41, 5.74) is 4.85. The molecule has 0 atom stereocenters. The van der Waals surface area contributed by atoms with Gasteiger partial charge in [-0.25, -0.2) is 0 Å². The van der Waals surface area contributed by atoms with E-state index in [0.29, 0.717) is 0 Å². The molecule has 16 heavy (non-hydrogen) atoms. The van der Waals surface area contributed by atoms with Crippen molar-refractivity contribution in [2.75, 3.05) is 5.43 Å². The molecule has 1 aliphatic carbocycles. The van der Waals surface area contributed by atoms with Crippen molar-refractivity contribution < 1.29 is 0 Å². The Kier molecular flexibility index (Phi) is 3.57. The van der Waals surface area contributed by atoms with E-state index >= 15 is 0 Å². The summed E-state index contributed by atoms with van der Waals surface area (Å²) in [6.45, 7) is 0. The third-order valence-corrected chi connectivity index (χ3v) is 1.98. The van der Waals surface area contributed by atoms with Gasteiger partial charge in [0.15, 0.2) is 0 Å². The van der Waals surface area contributed by atoms with Crippen molar-refractivity contribution >= 4 is 11.9 Å². The molecule has 0 saturated carbocycles. The average molecular weight is 207 g/mol. The second-order valence-electron chi connectivity index (χ2n) is 3.18. The van der Waals surface area contributed by atoms with Crippen molar-refractivity contribution in [3.05, 3.63) is 60.6 Å². The predicted molar refractivity (Wildman–Crippen MR) is 67.9 cm³/mol. The lowest BCUT2D eigenvalue weighted by molar-refractivity contribution is 1.36. The Morgan fingerprint density at radius 2 is 2.06 bits per heavy atom. The van der Waals surface area contributed by atoms with Crippen LogP contribution in [0.5, 0.6) is 0 Å². The number of benzene rings is 1. The fourth-order valence-electron chi connectivity index (χ4n) is 1.22. The maximum Gasteiger partial charge on any atom is 0.0974 e. The van der Waals surface area contributed by atoms with Crippen molar-refractivity contribution in [2.24, 2.45) is 5.10 Å². The first-order valence-electron chi connectivity index (χ1n) is 5.01. The first-order valence-corrected chi connectivity index (χ1v) is 5.01. The second kappa shape index (κ2) is 5.57. The van der Waals surface area contributed by atoms with E-state index in [1.165, 1.54) is 0 Å². The summed E-state index contributed by atoms with van der Waals surface area (Å²) in [6.07, 6.45) is 9.41. The number of hydrogen-bond acceptors (Lipinski definition) is 2. The fourth-order valence-corrected chi connectivity index (χ4v) is 1.22. The number of allylic oxidation sites excluding steroid dienone is 4. The number of para-hydroxylation sites is 1. The highest BCUT2D eigenvalue weighted by atomic mass is 15.3. The summed E-state index contributed by atoms with van der Waals surface area (Å²) >= 11 is 0. The molecule has 0 unspecified atom stereocenters. The van der Waals surface area contributed by atoms with Crippen LogP contribution in [-0.4, -0.2) is 6.21 Å². The van der Waals surface area contributed by atoms with Gasteiger partial charge >= 0.3 is 0 Å². The van der Waals surface area contributed by atoms with Gasteiger partial charge in [0.25, 0.3) is 0 Å². The predicted octanol–water partition coefficient (Wildman–Crippen LogP) is 2.79. The van der Waals surface area contributed by atoms with E-state index in [-0.39, 0.29) is 0 Å². The normalized spacial score (nSPS) is 13.4. The molecule has 1 radical (unpaired) electrons. The standard InChI is InChI=1S/C14H11N2/c1-2-10-14(11-3-1)16-15-12-6-9-13-7-4-5-8-13/h1-5,7-8,10-12,16H/b15-12-. The highest BCUT2D eigenvalue weighted by Gasteiger charge is 1.90. The van der Waals surface area contributed by atoms with E-state index in [0.717, 1.165) is 11.3 Å². The van der Waals surface area contributed by atoms with Gasteiger partial charge in [-0.05, 0) is 18.1 Å². The van der Waals surface area contributed by atoms with Crippen LogP contribution in [0.4, 0.5) is 5.69 Å². The van der Waals surface area contributed by atoms with Crippen LogP contribution < -0.4 is 5.43 Å². The van der Waals surface area contributed by atoms with Crippen molar-refractivity contribution in [3.63, 3.8) is 0 Å². The Labute approximate surface area is 95.4 Å². The molecule has 0 heterocycles. The Balaban J connectivity index is 1.84. The molecule has 2 heteroatoms. The molecule has 0 aromatic heterocycles. The lowest BCUT2D eigenvalue weighted by Crippen LogP contribution is -1.86. The zero-order valence-electron chi connectivity index (χ0n) is 8.72. The number of nitrogens with zero attached hydrogens (tertiary/aromatic N) is 1. The zero-order valence-corrected chi connectivity index (χ0v) is 8.72. The number of hydrogen-bond donors (Lipinski definition) is 1. The summed E-state index contributed by atoms with van der Waals surface area (Å²) in [7, 11) is 0. The molecule has 1 N–H and O–H groups in total. The van der Waals surface area contributed by atoms with Gasteiger partial charge in [0.1, 0.15) is 0 Å². The fraction of sp³-hybridized carbons (Fsp3) is 0. The molecule has 0 bridgehead atoms. The van der Waals surface area contributed by atoms with Gasteiger partial charge in [-0.2, -0.15) is 5.10 Å². The van der Waals surface area contributed by atoms with Crippen LogP contribution in [0.25, 0.3) is 0 Å². The van der Waals surface area contributed by atoms with Crippen molar-refractivity contribution in [1.29, 1.82) is 0 Å². The minimum Gasteiger partial charge on any atom is -0.278 e. The van der Waals surface area contributed by atoms with Gasteiger partial charge < -0.3 is 0 Å². The average Bonchev–Trinajstić information content (AvgIpc) is 2.83. The van der Waals surface area contributed by atoms with Crippen LogP contribution in [0.1, 0.15) is 0 Å². The van der Waals surface area contributed by atoms with Gasteiger partial charge in [-0.1, -0.05) is 42.3 Å². The van der Waals surface area contributed by atoms with E-state index in [9.17, 15) is 0 Å². The Hall–Kier alpha value is -2.27. The molecule has 1 aliphatic rings. The Morgan fingerprint density at radius 1 is 1.19 bits per heavy atom. The molecule has 0 fully saturated rings. The molecule has 2 nitrogen and oxygen atoms in total. The smallest absolute Gasteiger partial charge is 0.0974 e. The first-order chi connectivity index (χ1) is 7.95. The molecule has 77 valence electrons. The summed E-state index contributed by atoms with van der Waals surface area (Å²) in [5.74, 6) is 5.83. The highest BCUT2D eigenvalue weighted by molar-refractivity contribution is 5.80. The van der Waals surface area contributed by atoms with E-state index in [2.05, 4.69) is 22.4 Å². The molecule has 0 saturated heterocycles. The second-order valence-corrected chi connectivity index (χ2v) is 3.18. The van der Waals surface area contributed by atoms with Crippen molar-refractivity contribution in [3.8, 4) is 11.8 Å². The van der Waals surface area contributed by atoms with Gasteiger partial charge in [-0.3, -0.25) is 5.43 Å². The van der Waals surface area contributed by atoms with Crippen LogP contribution in [0, 0.1) is 18.3 Å². The number of rotatable bonds is 2. The van der Waals surface area contributed by atoms with Crippen molar-refractivity contribution in [2.45, 2.75) is 0 Å². The monoisotopic (exact) mass is 207 g/mol. The summed E-state index contributed by atoms with van der Waals surface area (Å²) in [5, 5.41) is 3.99. The van der Waals surface area contributed by atoms with Gasteiger partial charge in [0.05, 0.1) is 11.9 Å². The molecule has 1 aromatic rings. The maximum absolute atomic E-state index is 3.99. The molecular weight excluding hydrogens is 196 g/mol. The molecule has 0 aliphatic heterocycles. The zero-order chi connectivity index (χ0) is 11.1. The van der Waals surface area contributed by atoms with Crippen LogP contribution in [0.2, 0.25) is 0 Å². The Bertz CT molecular complexity index is 484. The van der Waals surface area contributed by atoms with Gasteiger partial charge in [-0.15, -0.1) is 0 Å². The summed E-state index contributed by atoms with van der Waals surface area (Å²) in [6, 6.07) is 9.76. The Morgan fingerprint density at radius 3 is 2.81 bits per heavy atom. The van der Waals surface area contributed by atoms with Crippen LogP contribution in [0.15, 0.2) is 59.2 Å². The van der Waals surface area contributed by atoms with E-state index in [1.54, 1.807) is 6.21 Å². The third kappa shape index (κ3) is 3.14. The first kappa shape index (κ1) is 10.3. The molecule has 0 amide bonds. The topological polar surface area (TPSA) is 24.4 Å². The molecule has 0 spiro atoms. The molecular formula is C14H11N2. The molecule has 2 rings (SSSR count).